The summed E-state index contributed by atoms with van der Waals surface area (Å²) in [4.78, 5) is 38.3. The SMILES string of the molecule is CC(=O)OC1C[C@H]2C(C)(C)O[C@H]3CC(=O)OC[C@]32[C@H]2CC[C@@]3(C)[C@H](c4ccoc4)OC(=O)[C@H]4O[C@]43[C@]12C. The van der Waals surface area contributed by atoms with Crippen molar-refractivity contribution in [2.45, 2.75) is 95.9 Å². The number of fused-ring (bicyclic) bond motifs is 1. The number of cyclic esters (lactones) is 2. The molecule has 1 aromatic heterocycles. The molecule has 0 radical (unpaired) electrons. The number of rotatable bonds is 2. The number of esters is 3. The lowest BCUT2D eigenvalue weighted by atomic mass is 9.36. The van der Waals surface area contributed by atoms with Crippen LogP contribution in [0.4, 0.5) is 0 Å². The summed E-state index contributed by atoms with van der Waals surface area (Å²) in [6.07, 6.45) is 3.28. The lowest BCUT2D eigenvalue weighted by Gasteiger charge is -2.67. The van der Waals surface area contributed by atoms with Crippen molar-refractivity contribution >= 4 is 17.9 Å². The largest absolute Gasteiger partial charge is 0.472 e. The zero-order chi connectivity index (χ0) is 26.2. The topological polar surface area (TPSA) is 114 Å². The van der Waals surface area contributed by atoms with Crippen LogP contribution >= 0.6 is 0 Å². The predicted molar refractivity (Wildman–Crippen MR) is 125 cm³/mol. The van der Waals surface area contributed by atoms with Crippen molar-refractivity contribution in [2.24, 2.45) is 28.1 Å². The van der Waals surface area contributed by atoms with Crippen LogP contribution in [0.3, 0.4) is 0 Å². The van der Waals surface area contributed by atoms with E-state index in [2.05, 4.69) is 27.7 Å². The predicted octanol–water partition coefficient (Wildman–Crippen LogP) is 3.50. The minimum Gasteiger partial charge on any atom is -0.472 e. The van der Waals surface area contributed by atoms with Gasteiger partial charge in [-0.2, -0.15) is 0 Å². The molecule has 10 atom stereocenters. The Morgan fingerprint density at radius 1 is 1.08 bits per heavy atom. The van der Waals surface area contributed by atoms with Gasteiger partial charge in [-0.25, -0.2) is 4.79 Å². The number of furan rings is 1. The van der Waals surface area contributed by atoms with Gasteiger partial charge in [-0.3, -0.25) is 9.59 Å². The van der Waals surface area contributed by atoms with Crippen LogP contribution in [-0.4, -0.2) is 54.0 Å². The lowest BCUT2D eigenvalue weighted by molar-refractivity contribution is -0.265. The van der Waals surface area contributed by atoms with Crippen LogP contribution in [0, 0.1) is 28.1 Å². The maximum absolute atomic E-state index is 13.4. The summed E-state index contributed by atoms with van der Waals surface area (Å²) in [6.45, 7) is 10.1. The fourth-order valence-electron chi connectivity index (χ4n) is 9.97. The second-order valence-corrected chi connectivity index (χ2v) is 13.0. The van der Waals surface area contributed by atoms with Crippen molar-refractivity contribution in [2.75, 3.05) is 6.61 Å². The number of epoxide rings is 1. The Morgan fingerprint density at radius 3 is 2.57 bits per heavy atom. The van der Waals surface area contributed by atoms with Crippen LogP contribution in [0.2, 0.25) is 0 Å². The molecule has 37 heavy (non-hydrogen) atoms. The normalized spacial score (nSPS) is 50.8. The molecule has 9 heteroatoms. The number of carbonyl (C=O) groups is 3. The fraction of sp³-hybridized carbons (Fsp3) is 0.750. The average Bonchev–Trinajstić information content (AvgIpc) is 3.30. The van der Waals surface area contributed by atoms with Gasteiger partial charge >= 0.3 is 17.9 Å². The second-order valence-electron chi connectivity index (χ2n) is 13.0. The molecule has 1 unspecified atom stereocenters. The van der Waals surface area contributed by atoms with E-state index >= 15 is 0 Å². The van der Waals surface area contributed by atoms with Gasteiger partial charge in [0.05, 0.1) is 30.7 Å². The van der Waals surface area contributed by atoms with Crippen LogP contribution in [0.15, 0.2) is 23.0 Å². The molecule has 2 spiro atoms. The summed E-state index contributed by atoms with van der Waals surface area (Å²) in [6, 6.07) is 1.83. The molecule has 4 saturated heterocycles. The van der Waals surface area contributed by atoms with E-state index in [0.29, 0.717) is 6.42 Å². The maximum atomic E-state index is 13.4. The van der Waals surface area contributed by atoms with E-state index in [1.165, 1.54) is 6.92 Å². The van der Waals surface area contributed by atoms with E-state index < -0.39 is 51.7 Å². The lowest BCUT2D eigenvalue weighted by Crippen LogP contribution is -2.74. The van der Waals surface area contributed by atoms with E-state index in [4.69, 9.17) is 28.1 Å². The van der Waals surface area contributed by atoms with Gasteiger partial charge in [0, 0.05) is 34.7 Å². The monoisotopic (exact) mass is 514 g/mol. The molecule has 0 bridgehead atoms. The highest BCUT2D eigenvalue weighted by Gasteiger charge is 2.90. The highest BCUT2D eigenvalue weighted by Crippen LogP contribution is 2.80. The van der Waals surface area contributed by atoms with Crippen molar-refractivity contribution in [3.05, 3.63) is 24.2 Å². The first kappa shape index (κ1) is 23.7. The van der Waals surface area contributed by atoms with E-state index in [9.17, 15) is 14.4 Å². The molecule has 0 aromatic carbocycles. The van der Waals surface area contributed by atoms with E-state index in [1.807, 2.05) is 6.07 Å². The smallest absolute Gasteiger partial charge is 0.339 e. The Kier molecular flexibility index (Phi) is 4.47. The zero-order valence-electron chi connectivity index (χ0n) is 21.9. The third-order valence-electron chi connectivity index (χ3n) is 11.3. The summed E-state index contributed by atoms with van der Waals surface area (Å²) < 4.78 is 36.5. The van der Waals surface area contributed by atoms with Crippen LogP contribution in [0.1, 0.15) is 72.0 Å². The van der Waals surface area contributed by atoms with Gasteiger partial charge in [-0.1, -0.05) is 13.8 Å². The number of ether oxygens (including phenoxy) is 5. The van der Waals surface area contributed by atoms with E-state index in [1.54, 1.807) is 12.5 Å². The van der Waals surface area contributed by atoms with Gasteiger partial charge in [0.25, 0.3) is 0 Å². The van der Waals surface area contributed by atoms with Gasteiger partial charge < -0.3 is 28.1 Å². The van der Waals surface area contributed by atoms with Gasteiger partial charge in [0.2, 0.25) is 0 Å². The molecule has 5 heterocycles. The fourth-order valence-corrected chi connectivity index (χ4v) is 9.97. The second kappa shape index (κ2) is 6.97. The summed E-state index contributed by atoms with van der Waals surface area (Å²) in [7, 11) is 0. The summed E-state index contributed by atoms with van der Waals surface area (Å²) in [5, 5.41) is 0. The summed E-state index contributed by atoms with van der Waals surface area (Å²) in [5.74, 6) is -1.09. The summed E-state index contributed by atoms with van der Waals surface area (Å²) >= 11 is 0. The number of carbonyl (C=O) groups excluding carboxylic acids is 3. The molecule has 2 saturated carbocycles. The van der Waals surface area contributed by atoms with Crippen LogP contribution in [0.25, 0.3) is 0 Å². The molecule has 2 aliphatic carbocycles. The molecule has 0 amide bonds. The van der Waals surface area contributed by atoms with Crippen LogP contribution in [0.5, 0.6) is 0 Å². The molecule has 6 fully saturated rings. The molecule has 9 nitrogen and oxygen atoms in total. The molecule has 1 aromatic rings. The molecule has 7 rings (SSSR count). The van der Waals surface area contributed by atoms with Crippen LogP contribution < -0.4 is 0 Å². The maximum Gasteiger partial charge on any atom is 0.339 e. The highest BCUT2D eigenvalue weighted by molar-refractivity contribution is 5.82. The number of hydrogen-bond acceptors (Lipinski definition) is 9. The van der Waals surface area contributed by atoms with E-state index in [0.717, 1.165) is 18.4 Å². The first-order chi connectivity index (χ1) is 17.4. The molecule has 200 valence electrons. The minimum atomic E-state index is -0.918. The molecule has 6 aliphatic rings. The highest BCUT2D eigenvalue weighted by atomic mass is 16.7. The van der Waals surface area contributed by atoms with Crippen LogP contribution in [-0.2, 0) is 38.1 Å². The van der Waals surface area contributed by atoms with Crippen molar-refractivity contribution in [1.82, 2.24) is 0 Å². The van der Waals surface area contributed by atoms with Crippen molar-refractivity contribution in [3.63, 3.8) is 0 Å². The average molecular weight is 515 g/mol. The standard InChI is InChI=1S/C28H34O9/c1-14(29)34-18-10-17-24(2,3)36-19-11-20(30)33-13-27(17,19)16-6-8-25(4)21(15-7-9-32-12-15)35-23(31)22-28(25,37-22)26(16,18)5/h7,9,12,16-19,21-22H,6,8,10-11,13H2,1-5H3/t16-,17-,18?,19-,21-,22+,25-,26-,27+,28+/m0/s1. The minimum absolute atomic E-state index is 0.00121. The van der Waals surface area contributed by atoms with Crippen molar-refractivity contribution in [1.29, 1.82) is 0 Å². The number of hydrogen-bond donors (Lipinski definition) is 0. The van der Waals surface area contributed by atoms with Gasteiger partial charge in [-0.15, -0.1) is 0 Å². The van der Waals surface area contributed by atoms with Crippen molar-refractivity contribution < 1.29 is 42.5 Å². The Hall–Kier alpha value is -2.39. The molecular weight excluding hydrogens is 480 g/mol. The quantitative estimate of drug-likeness (QED) is 0.332. The molecule has 0 N–H and O–H groups in total. The Balaban J connectivity index is 1.43. The Morgan fingerprint density at radius 2 is 1.86 bits per heavy atom. The zero-order valence-corrected chi connectivity index (χ0v) is 21.9. The third kappa shape index (κ3) is 2.56. The Labute approximate surface area is 215 Å². The first-order valence-electron chi connectivity index (χ1n) is 13.3. The van der Waals surface area contributed by atoms with Gasteiger partial charge in [0.15, 0.2) is 6.10 Å². The molecule has 4 aliphatic heterocycles. The van der Waals surface area contributed by atoms with Crippen molar-refractivity contribution in [3.8, 4) is 0 Å². The molecular formula is C28H34O9. The van der Waals surface area contributed by atoms with E-state index in [-0.39, 0.29) is 42.9 Å². The summed E-state index contributed by atoms with van der Waals surface area (Å²) in [5.41, 5.74) is -2.47. The van der Waals surface area contributed by atoms with Gasteiger partial charge in [-0.05, 0) is 45.1 Å². The third-order valence-corrected chi connectivity index (χ3v) is 11.3. The first-order valence-corrected chi connectivity index (χ1v) is 13.3. The van der Waals surface area contributed by atoms with Gasteiger partial charge in [0.1, 0.15) is 24.4 Å². The Bertz CT molecular complexity index is 1190.